The highest BCUT2D eigenvalue weighted by atomic mass is 35.5. The Hall–Kier alpha value is -5.98. The molecule has 0 saturated carbocycles. The molecular formula is C32H20Cl2N6O6. The lowest BCUT2D eigenvalue weighted by atomic mass is 10.1. The van der Waals surface area contributed by atoms with Gasteiger partial charge in [-0.2, -0.15) is 19.6 Å². The Kier molecular flexibility index (Phi) is 9.41. The maximum Gasteiger partial charge on any atom is 0.295 e. The van der Waals surface area contributed by atoms with Gasteiger partial charge >= 0.3 is 0 Å². The zero-order valence-corrected chi connectivity index (χ0v) is 24.9. The highest BCUT2D eigenvalue weighted by Crippen LogP contribution is 2.25. The monoisotopic (exact) mass is 654 g/mol. The third-order valence-corrected chi connectivity index (χ3v) is 6.92. The molecule has 0 atom stereocenters. The van der Waals surface area contributed by atoms with Crippen LogP contribution in [0.4, 0.5) is 11.4 Å². The predicted octanol–water partition coefficient (Wildman–Crippen LogP) is 6.92. The summed E-state index contributed by atoms with van der Waals surface area (Å²) in [6, 6.07) is 31.6. The van der Waals surface area contributed by atoms with Crippen molar-refractivity contribution < 1.29 is 9.85 Å². The van der Waals surface area contributed by atoms with E-state index in [0.717, 1.165) is 9.36 Å². The van der Waals surface area contributed by atoms with Crippen molar-refractivity contribution >= 4 is 34.6 Å². The molecule has 14 heteroatoms. The second-order valence-electron chi connectivity index (χ2n) is 9.45. The average Bonchev–Trinajstić information content (AvgIpc) is 3.05. The molecular weight excluding hydrogens is 635 g/mol. The normalized spacial score (nSPS) is 10.5. The molecule has 0 aliphatic rings. The summed E-state index contributed by atoms with van der Waals surface area (Å²) < 4.78 is 2.04. The summed E-state index contributed by atoms with van der Waals surface area (Å²) in [6.45, 7) is 0. The molecule has 0 aliphatic heterocycles. The molecule has 2 aromatic heterocycles. The number of hydrogen-bond acceptors (Lipinski definition) is 8. The lowest BCUT2D eigenvalue weighted by Gasteiger charge is -2.07. The molecule has 0 spiro atoms. The first-order valence-electron chi connectivity index (χ1n) is 13.3. The molecule has 4 aromatic carbocycles. The number of nitro groups is 2. The van der Waals surface area contributed by atoms with Gasteiger partial charge in [-0.3, -0.25) is 29.8 Å². The van der Waals surface area contributed by atoms with Crippen LogP contribution in [0.15, 0.2) is 131 Å². The van der Waals surface area contributed by atoms with Crippen LogP contribution in [0.3, 0.4) is 0 Å². The van der Waals surface area contributed by atoms with E-state index in [1.807, 2.05) is 0 Å². The first-order valence-corrected chi connectivity index (χ1v) is 14.1. The van der Waals surface area contributed by atoms with Gasteiger partial charge in [0, 0.05) is 45.4 Å². The predicted molar refractivity (Wildman–Crippen MR) is 174 cm³/mol. The summed E-state index contributed by atoms with van der Waals surface area (Å²) in [5, 5.41) is 31.8. The van der Waals surface area contributed by atoms with E-state index in [2.05, 4.69) is 10.2 Å². The molecule has 0 saturated heterocycles. The minimum Gasteiger partial charge on any atom is -0.267 e. The molecule has 0 bridgehead atoms. The summed E-state index contributed by atoms with van der Waals surface area (Å²) in [6.07, 6.45) is 0. The third kappa shape index (κ3) is 7.04. The summed E-state index contributed by atoms with van der Waals surface area (Å²) in [5.74, 6) is 0. The average molecular weight is 655 g/mol. The third-order valence-electron chi connectivity index (χ3n) is 6.45. The number of benzene rings is 4. The van der Waals surface area contributed by atoms with Crippen LogP contribution < -0.4 is 11.1 Å². The van der Waals surface area contributed by atoms with Crippen LogP contribution in [-0.2, 0) is 0 Å². The van der Waals surface area contributed by atoms with Gasteiger partial charge in [0.15, 0.2) is 0 Å². The lowest BCUT2D eigenvalue weighted by Crippen LogP contribution is -2.21. The number of halogens is 2. The van der Waals surface area contributed by atoms with Gasteiger partial charge in [0.1, 0.15) is 11.4 Å². The fourth-order valence-corrected chi connectivity index (χ4v) is 4.75. The van der Waals surface area contributed by atoms with Gasteiger partial charge in [0.2, 0.25) is 0 Å². The Bertz CT molecular complexity index is 2060. The molecule has 2 heterocycles. The van der Waals surface area contributed by atoms with Crippen molar-refractivity contribution in [2.45, 2.75) is 0 Å². The van der Waals surface area contributed by atoms with Crippen molar-refractivity contribution in [3.05, 3.63) is 172 Å². The summed E-state index contributed by atoms with van der Waals surface area (Å²) in [5.41, 5.74) is 1.36. The smallest absolute Gasteiger partial charge is 0.267 e. The highest BCUT2D eigenvalue weighted by Gasteiger charge is 2.18. The van der Waals surface area contributed by atoms with Gasteiger partial charge in [-0.05, 0) is 48.5 Å². The van der Waals surface area contributed by atoms with E-state index in [0.29, 0.717) is 32.6 Å². The molecule has 0 radical (unpaired) electrons. The lowest BCUT2D eigenvalue weighted by molar-refractivity contribution is -0.384. The molecule has 228 valence electrons. The van der Waals surface area contributed by atoms with Gasteiger partial charge in [0.25, 0.3) is 22.5 Å². The van der Waals surface area contributed by atoms with E-state index >= 15 is 0 Å². The number of para-hydroxylation sites is 4. The molecule has 12 nitrogen and oxygen atoms in total. The first kappa shape index (κ1) is 31.4. The van der Waals surface area contributed by atoms with E-state index in [1.54, 1.807) is 72.8 Å². The fraction of sp³-hybridized carbons (Fsp3) is 0. The Balaban J connectivity index is 0.000000181. The standard InChI is InChI=1S/2C16H10ClN3O3/c2*17-12-5-3-4-11(10-12)13-8-9-16(21)19(18-13)14-6-1-2-7-15(14)20(22)23/h2*1-10H. The summed E-state index contributed by atoms with van der Waals surface area (Å²) in [4.78, 5) is 45.4. The van der Waals surface area contributed by atoms with Crippen molar-refractivity contribution in [3.8, 4) is 33.9 Å². The topological polar surface area (TPSA) is 156 Å². The van der Waals surface area contributed by atoms with Crippen LogP contribution in [-0.4, -0.2) is 29.4 Å². The maximum atomic E-state index is 12.1. The summed E-state index contributed by atoms with van der Waals surface area (Å²) in [7, 11) is 0. The fourth-order valence-electron chi connectivity index (χ4n) is 4.37. The number of rotatable bonds is 6. The van der Waals surface area contributed by atoms with Gasteiger partial charge in [-0.1, -0.05) is 71.7 Å². The molecule has 0 aliphatic carbocycles. The van der Waals surface area contributed by atoms with Crippen LogP contribution in [0.2, 0.25) is 10.0 Å². The number of nitrogens with zero attached hydrogens (tertiary/aromatic N) is 6. The second-order valence-corrected chi connectivity index (χ2v) is 10.3. The molecule has 0 fully saturated rings. The van der Waals surface area contributed by atoms with Crippen LogP contribution in [0.1, 0.15) is 0 Å². The number of aromatic nitrogens is 4. The summed E-state index contributed by atoms with van der Waals surface area (Å²) >= 11 is 11.9. The largest absolute Gasteiger partial charge is 0.295 e. The minimum atomic E-state index is -0.546. The van der Waals surface area contributed by atoms with Gasteiger partial charge in [-0.25, -0.2) is 0 Å². The Morgan fingerprint density at radius 3 is 1.28 bits per heavy atom. The zero-order chi connectivity index (χ0) is 32.8. The van der Waals surface area contributed by atoms with Crippen molar-refractivity contribution in [1.82, 2.24) is 19.6 Å². The van der Waals surface area contributed by atoms with E-state index in [-0.39, 0.29) is 22.7 Å². The Labute approximate surface area is 269 Å². The molecule has 46 heavy (non-hydrogen) atoms. The molecule has 0 amide bonds. The molecule has 6 rings (SSSR count). The van der Waals surface area contributed by atoms with E-state index < -0.39 is 21.0 Å². The van der Waals surface area contributed by atoms with Gasteiger partial charge in [-0.15, -0.1) is 0 Å². The molecule has 0 N–H and O–H groups in total. The molecule has 6 aromatic rings. The Morgan fingerprint density at radius 1 is 0.522 bits per heavy atom. The number of hydrogen-bond donors (Lipinski definition) is 0. The first-order chi connectivity index (χ1) is 22.1. The van der Waals surface area contributed by atoms with Crippen LogP contribution in [0.5, 0.6) is 0 Å². The highest BCUT2D eigenvalue weighted by molar-refractivity contribution is 6.31. The molecule has 0 unspecified atom stereocenters. The SMILES string of the molecule is O=c1ccc(-c2cccc(Cl)c2)nn1-c1ccccc1[N+](=O)[O-].O=c1ccc(-c2cccc(Cl)c2)nn1-c1ccccc1[N+](=O)[O-]. The van der Waals surface area contributed by atoms with Crippen LogP contribution in [0, 0.1) is 20.2 Å². The van der Waals surface area contributed by atoms with Crippen LogP contribution >= 0.6 is 23.2 Å². The van der Waals surface area contributed by atoms with Crippen molar-refractivity contribution in [1.29, 1.82) is 0 Å². The zero-order valence-electron chi connectivity index (χ0n) is 23.4. The Morgan fingerprint density at radius 2 is 0.913 bits per heavy atom. The van der Waals surface area contributed by atoms with E-state index in [4.69, 9.17) is 23.2 Å². The second kappa shape index (κ2) is 13.8. The van der Waals surface area contributed by atoms with Gasteiger partial charge in [0.05, 0.1) is 21.2 Å². The van der Waals surface area contributed by atoms with E-state index in [9.17, 15) is 29.8 Å². The van der Waals surface area contributed by atoms with Crippen molar-refractivity contribution in [2.24, 2.45) is 0 Å². The number of nitro benzene ring substituents is 2. The van der Waals surface area contributed by atoms with Gasteiger partial charge < -0.3 is 0 Å². The van der Waals surface area contributed by atoms with E-state index in [1.165, 1.54) is 48.5 Å². The maximum absolute atomic E-state index is 12.1. The minimum absolute atomic E-state index is 0.117. The van der Waals surface area contributed by atoms with Crippen molar-refractivity contribution in [2.75, 3.05) is 0 Å². The van der Waals surface area contributed by atoms with Crippen LogP contribution in [0.25, 0.3) is 33.9 Å². The van der Waals surface area contributed by atoms with Crippen molar-refractivity contribution in [3.63, 3.8) is 0 Å². The quantitative estimate of drug-likeness (QED) is 0.138.